The Morgan fingerprint density at radius 2 is 1.74 bits per heavy atom. The van der Waals surface area contributed by atoms with Crippen LogP contribution >= 0.6 is 0 Å². The minimum atomic E-state index is -3.38. The molecular formula is C27H37N5O5S2. The van der Waals surface area contributed by atoms with Gasteiger partial charge in [0, 0.05) is 35.9 Å². The summed E-state index contributed by atoms with van der Waals surface area (Å²) in [6.45, 7) is 1.69. The number of hydrogen-bond acceptors (Lipinski definition) is 6. The summed E-state index contributed by atoms with van der Waals surface area (Å²) in [6.07, 6.45) is 5.16. The van der Waals surface area contributed by atoms with Crippen LogP contribution in [0.3, 0.4) is 0 Å². The molecule has 0 aliphatic carbocycles. The monoisotopic (exact) mass is 575 g/mol. The average Bonchev–Trinajstić information content (AvgIpc) is 3.27. The number of rotatable bonds is 11. The number of anilines is 1. The van der Waals surface area contributed by atoms with Crippen molar-refractivity contribution in [2.75, 3.05) is 50.5 Å². The zero-order chi connectivity index (χ0) is 28.4. The molecule has 1 aliphatic rings. The molecule has 10 nitrogen and oxygen atoms in total. The van der Waals surface area contributed by atoms with Crippen LogP contribution in [-0.4, -0.2) is 82.7 Å². The number of H-pyrrole nitrogens is 1. The number of hydrogen-bond donors (Lipinski definition) is 3. The normalized spacial score (nSPS) is 15.7. The van der Waals surface area contributed by atoms with E-state index in [4.69, 9.17) is 5.73 Å². The van der Waals surface area contributed by atoms with E-state index in [-0.39, 0.29) is 18.1 Å². The number of nitrogens with one attached hydrogen (secondary N) is 2. The predicted octanol–water partition coefficient (Wildman–Crippen LogP) is 2.70. The largest absolute Gasteiger partial charge is 0.369 e. The first-order valence-electron chi connectivity index (χ1n) is 13.0. The maximum Gasteiger partial charge on any atom is 0.229 e. The lowest BCUT2D eigenvalue weighted by molar-refractivity contribution is -0.117. The Labute approximate surface area is 230 Å². The van der Waals surface area contributed by atoms with Crippen molar-refractivity contribution in [2.24, 2.45) is 5.73 Å². The second kappa shape index (κ2) is 11.7. The van der Waals surface area contributed by atoms with Crippen molar-refractivity contribution in [3.8, 4) is 11.1 Å². The Morgan fingerprint density at radius 3 is 2.33 bits per heavy atom. The Hall–Kier alpha value is -2.93. The molecule has 4 N–H and O–H groups in total. The molecule has 4 rings (SSSR count). The number of carbonyl (C=O) groups is 1. The Balaban J connectivity index is 1.59. The van der Waals surface area contributed by atoms with Gasteiger partial charge in [-0.25, -0.2) is 21.1 Å². The van der Waals surface area contributed by atoms with Crippen molar-refractivity contribution in [3.05, 3.63) is 53.7 Å². The standard InChI is InChI=1S/C27H37N5O5S2/c1-31(2)11-4-14-39(36,37)32-12-9-20(10-13-32)25-18-29-27-22(17-26(28)33)15-21(16-24(25)27)19-5-7-23(8-6-19)30-38(3,34)35/h5-8,15-16,18,20,29-30H,4,9-14,17H2,1-3H3,(H2,28,33). The molecule has 1 amide bonds. The molecule has 0 spiro atoms. The first kappa shape index (κ1) is 29.1. The molecule has 3 aromatic rings. The first-order valence-corrected chi connectivity index (χ1v) is 16.5. The van der Waals surface area contributed by atoms with E-state index in [0.29, 0.717) is 38.0 Å². The quantitative estimate of drug-likeness (QED) is 0.321. The molecule has 2 heterocycles. The van der Waals surface area contributed by atoms with Crippen LogP contribution < -0.4 is 10.5 Å². The Morgan fingerprint density at radius 1 is 1.08 bits per heavy atom. The predicted molar refractivity (Wildman–Crippen MR) is 156 cm³/mol. The number of piperidine rings is 1. The van der Waals surface area contributed by atoms with Crippen molar-refractivity contribution in [3.63, 3.8) is 0 Å². The average molecular weight is 576 g/mol. The molecule has 39 heavy (non-hydrogen) atoms. The highest BCUT2D eigenvalue weighted by Gasteiger charge is 2.29. The highest BCUT2D eigenvalue weighted by molar-refractivity contribution is 7.92. The van der Waals surface area contributed by atoms with E-state index in [1.807, 2.05) is 43.4 Å². The molecule has 0 saturated carbocycles. The topological polar surface area (TPSA) is 146 Å². The minimum Gasteiger partial charge on any atom is -0.369 e. The van der Waals surface area contributed by atoms with Crippen LogP contribution in [0.15, 0.2) is 42.6 Å². The molecule has 1 aromatic heterocycles. The summed E-state index contributed by atoms with van der Waals surface area (Å²) in [6, 6.07) is 11.0. The van der Waals surface area contributed by atoms with Gasteiger partial charge in [-0.3, -0.25) is 9.52 Å². The van der Waals surface area contributed by atoms with Crippen molar-refractivity contribution in [1.29, 1.82) is 0 Å². The lowest BCUT2D eigenvalue weighted by Gasteiger charge is -2.31. The van der Waals surface area contributed by atoms with Gasteiger partial charge in [-0.2, -0.15) is 0 Å². The minimum absolute atomic E-state index is 0.0711. The summed E-state index contributed by atoms with van der Waals surface area (Å²) in [5.41, 5.74) is 10.5. The molecule has 0 unspecified atom stereocenters. The Bertz CT molecular complexity index is 1540. The highest BCUT2D eigenvalue weighted by atomic mass is 32.2. The molecule has 1 fully saturated rings. The number of aromatic nitrogens is 1. The van der Waals surface area contributed by atoms with Crippen LogP contribution in [0.2, 0.25) is 0 Å². The Kier molecular flexibility index (Phi) is 8.69. The summed E-state index contributed by atoms with van der Waals surface area (Å²) >= 11 is 0. The molecule has 1 aliphatic heterocycles. The van der Waals surface area contributed by atoms with E-state index >= 15 is 0 Å². The van der Waals surface area contributed by atoms with Gasteiger partial charge in [-0.05, 0) is 92.3 Å². The molecule has 0 radical (unpaired) electrons. The van der Waals surface area contributed by atoms with Crippen LogP contribution in [0.25, 0.3) is 22.0 Å². The summed E-state index contributed by atoms with van der Waals surface area (Å²) < 4.78 is 52.9. The van der Waals surface area contributed by atoms with E-state index in [9.17, 15) is 21.6 Å². The SMILES string of the molecule is CN(C)CCCS(=O)(=O)N1CCC(c2c[nH]c3c(CC(N)=O)cc(-c4ccc(NS(C)(=O)=O)cc4)cc23)CC1. The van der Waals surface area contributed by atoms with E-state index in [1.165, 1.54) is 0 Å². The van der Waals surface area contributed by atoms with Gasteiger partial charge in [0.15, 0.2) is 0 Å². The molecule has 212 valence electrons. The molecule has 1 saturated heterocycles. The fourth-order valence-electron chi connectivity index (χ4n) is 5.24. The zero-order valence-electron chi connectivity index (χ0n) is 22.6. The molecule has 0 atom stereocenters. The van der Waals surface area contributed by atoms with Gasteiger partial charge in [0.2, 0.25) is 26.0 Å². The fourth-order valence-corrected chi connectivity index (χ4v) is 7.33. The van der Waals surface area contributed by atoms with Crippen LogP contribution in [0.1, 0.15) is 36.3 Å². The lowest BCUT2D eigenvalue weighted by atomic mass is 9.88. The van der Waals surface area contributed by atoms with Gasteiger partial charge < -0.3 is 15.6 Å². The third kappa shape index (κ3) is 7.38. The first-order chi connectivity index (χ1) is 18.3. The van der Waals surface area contributed by atoms with Gasteiger partial charge in [-0.15, -0.1) is 0 Å². The summed E-state index contributed by atoms with van der Waals surface area (Å²) in [5.74, 6) is -0.114. The third-order valence-corrected chi connectivity index (χ3v) is 9.65. The van der Waals surface area contributed by atoms with Crippen molar-refractivity contribution in [2.45, 2.75) is 31.6 Å². The molecule has 0 bridgehead atoms. The van der Waals surface area contributed by atoms with Gasteiger partial charge >= 0.3 is 0 Å². The van der Waals surface area contributed by atoms with E-state index in [2.05, 4.69) is 15.8 Å². The van der Waals surface area contributed by atoms with Crippen molar-refractivity contribution < 1.29 is 21.6 Å². The van der Waals surface area contributed by atoms with Crippen LogP contribution in [0, 0.1) is 0 Å². The summed E-state index contributed by atoms with van der Waals surface area (Å²) in [5, 5.41) is 0.981. The van der Waals surface area contributed by atoms with Gasteiger partial charge in [-0.1, -0.05) is 12.1 Å². The number of aromatic amines is 1. The van der Waals surface area contributed by atoms with Crippen LogP contribution in [0.5, 0.6) is 0 Å². The number of sulfonamides is 2. The number of fused-ring (bicyclic) bond motifs is 1. The number of benzene rings is 2. The second-order valence-electron chi connectivity index (χ2n) is 10.5. The van der Waals surface area contributed by atoms with Crippen molar-refractivity contribution in [1.82, 2.24) is 14.2 Å². The number of carbonyl (C=O) groups excluding carboxylic acids is 1. The lowest BCUT2D eigenvalue weighted by Crippen LogP contribution is -2.39. The van der Waals surface area contributed by atoms with Crippen LogP contribution in [-0.2, 0) is 31.3 Å². The summed E-state index contributed by atoms with van der Waals surface area (Å²) in [7, 11) is -2.80. The fraction of sp³-hybridized carbons (Fsp3) is 0.444. The number of nitrogens with two attached hydrogens (primary N) is 1. The van der Waals surface area contributed by atoms with Gasteiger partial charge in [0.05, 0.1) is 18.4 Å². The number of primary amides is 1. The smallest absolute Gasteiger partial charge is 0.229 e. The molecular weight excluding hydrogens is 538 g/mol. The number of nitrogens with zero attached hydrogens (tertiary/aromatic N) is 2. The van der Waals surface area contributed by atoms with Crippen LogP contribution in [0.4, 0.5) is 5.69 Å². The van der Waals surface area contributed by atoms with E-state index in [1.54, 1.807) is 16.4 Å². The highest BCUT2D eigenvalue weighted by Crippen LogP contribution is 2.37. The third-order valence-electron chi connectivity index (χ3n) is 7.08. The molecule has 2 aromatic carbocycles. The second-order valence-corrected chi connectivity index (χ2v) is 14.4. The van der Waals surface area contributed by atoms with Crippen molar-refractivity contribution >= 4 is 42.5 Å². The maximum atomic E-state index is 12.8. The van der Waals surface area contributed by atoms with Gasteiger partial charge in [0.1, 0.15) is 0 Å². The zero-order valence-corrected chi connectivity index (χ0v) is 24.2. The van der Waals surface area contributed by atoms with E-state index < -0.39 is 26.0 Å². The van der Waals surface area contributed by atoms with E-state index in [0.717, 1.165) is 46.0 Å². The maximum absolute atomic E-state index is 12.8. The number of amides is 1. The summed E-state index contributed by atoms with van der Waals surface area (Å²) in [4.78, 5) is 17.2. The molecule has 12 heteroatoms. The van der Waals surface area contributed by atoms with Gasteiger partial charge in [0.25, 0.3) is 0 Å².